The zero-order valence-corrected chi connectivity index (χ0v) is 16.8. The van der Waals surface area contributed by atoms with Crippen LogP contribution in [0.4, 0.5) is 22.0 Å². The molecule has 0 saturated heterocycles. The molecule has 0 aliphatic heterocycles. The Labute approximate surface area is 182 Å². The maximum atomic E-state index is 14.6. The first-order valence-electron chi connectivity index (χ1n) is 9.06. The molecule has 0 radical (unpaired) electrons. The number of aliphatic hydroxyl groups is 1. The van der Waals surface area contributed by atoms with E-state index in [1.165, 1.54) is 36.1 Å². The second kappa shape index (κ2) is 8.29. The molecule has 2 aromatic heterocycles. The molecular weight excluding hydrogens is 451 g/mol. The maximum absolute atomic E-state index is 14.6. The number of halogens is 5. The summed E-state index contributed by atoms with van der Waals surface area (Å²) in [5.41, 5.74) is 0.388. The lowest BCUT2D eigenvalue weighted by atomic mass is 9.88. The van der Waals surface area contributed by atoms with Gasteiger partial charge in [0.15, 0.2) is 5.60 Å². The molecule has 10 heteroatoms. The van der Waals surface area contributed by atoms with Crippen LogP contribution in [0.2, 0.25) is 0 Å². The molecule has 2 aromatic carbocycles. The molecule has 2 heterocycles. The van der Waals surface area contributed by atoms with Gasteiger partial charge < -0.3 is 9.84 Å². The number of hydrogen-bond donors (Lipinski definition) is 1. The molecule has 0 spiro atoms. The summed E-state index contributed by atoms with van der Waals surface area (Å²) in [6.07, 6.45) is -2.04. The molecule has 0 amide bonds. The average Bonchev–Trinajstić information content (AvgIpc) is 3.28. The number of benzene rings is 2. The van der Waals surface area contributed by atoms with Crippen LogP contribution in [0.1, 0.15) is 16.1 Å². The van der Waals surface area contributed by atoms with Crippen molar-refractivity contribution in [1.82, 2.24) is 9.97 Å². The van der Waals surface area contributed by atoms with E-state index in [0.29, 0.717) is 17.2 Å². The van der Waals surface area contributed by atoms with Gasteiger partial charge >= 0.3 is 6.36 Å². The van der Waals surface area contributed by atoms with Crippen LogP contribution >= 0.6 is 11.3 Å². The van der Waals surface area contributed by atoms with Crippen molar-refractivity contribution in [3.63, 3.8) is 0 Å². The van der Waals surface area contributed by atoms with Gasteiger partial charge in [0.05, 0.1) is 16.1 Å². The maximum Gasteiger partial charge on any atom is 0.573 e. The SMILES string of the molecule is OC(c1ccc(-c2ccc(OC(F)(F)F)cc2)cn1)(c1cncs1)c1ccc(F)cc1F. The number of hydrogen-bond acceptors (Lipinski definition) is 5. The van der Waals surface area contributed by atoms with Crippen LogP contribution in [-0.2, 0) is 5.60 Å². The highest BCUT2D eigenvalue weighted by Gasteiger charge is 2.39. The van der Waals surface area contributed by atoms with Gasteiger partial charge in [-0.05, 0) is 35.9 Å². The van der Waals surface area contributed by atoms with Gasteiger partial charge in [-0.3, -0.25) is 9.97 Å². The summed E-state index contributed by atoms with van der Waals surface area (Å²) in [6.45, 7) is 0. The molecule has 1 atom stereocenters. The Hall–Kier alpha value is -3.37. The van der Waals surface area contributed by atoms with E-state index in [4.69, 9.17) is 0 Å². The van der Waals surface area contributed by atoms with Crippen LogP contribution in [0, 0.1) is 11.6 Å². The van der Waals surface area contributed by atoms with E-state index in [1.807, 2.05) is 0 Å². The smallest absolute Gasteiger partial charge is 0.406 e. The van der Waals surface area contributed by atoms with Crippen molar-refractivity contribution in [3.8, 4) is 16.9 Å². The van der Waals surface area contributed by atoms with Crippen LogP contribution < -0.4 is 4.74 Å². The van der Waals surface area contributed by atoms with E-state index < -0.39 is 23.6 Å². The molecule has 0 aliphatic carbocycles. The van der Waals surface area contributed by atoms with Crippen LogP contribution in [0.5, 0.6) is 5.75 Å². The Morgan fingerprint density at radius 1 is 0.875 bits per heavy atom. The van der Waals surface area contributed by atoms with E-state index in [0.717, 1.165) is 35.6 Å². The molecule has 4 aromatic rings. The molecule has 32 heavy (non-hydrogen) atoms. The number of pyridine rings is 1. The molecule has 164 valence electrons. The zero-order chi connectivity index (χ0) is 22.9. The Bertz CT molecular complexity index is 1210. The summed E-state index contributed by atoms with van der Waals surface area (Å²) in [5.74, 6) is -2.11. The summed E-state index contributed by atoms with van der Waals surface area (Å²) in [4.78, 5) is 8.46. The molecule has 4 nitrogen and oxygen atoms in total. The van der Waals surface area contributed by atoms with Crippen LogP contribution in [0.15, 0.2) is 72.5 Å². The number of ether oxygens (including phenoxy) is 1. The molecule has 1 unspecified atom stereocenters. The van der Waals surface area contributed by atoms with E-state index in [2.05, 4.69) is 14.7 Å². The third kappa shape index (κ3) is 4.32. The molecule has 4 rings (SSSR count). The standard InChI is InChI=1S/C22H13F5N2O2S/c23-15-4-7-17(18(24)9-15)21(30,20-11-28-12-32-20)19-8-3-14(10-29-19)13-1-5-16(6-2-13)31-22(25,26)27/h1-12,30H. The average molecular weight is 464 g/mol. The van der Waals surface area contributed by atoms with E-state index in [9.17, 15) is 27.1 Å². The fraction of sp³-hybridized carbons (Fsp3) is 0.0909. The summed E-state index contributed by atoms with van der Waals surface area (Å²) >= 11 is 1.07. The largest absolute Gasteiger partial charge is 0.573 e. The van der Waals surface area contributed by atoms with E-state index in [1.54, 1.807) is 6.07 Å². The normalized spacial score (nSPS) is 13.6. The van der Waals surface area contributed by atoms with Crippen molar-refractivity contribution in [2.24, 2.45) is 0 Å². The second-order valence-corrected chi connectivity index (χ2v) is 7.59. The van der Waals surface area contributed by atoms with Gasteiger partial charge in [0.2, 0.25) is 0 Å². The summed E-state index contributed by atoms with van der Waals surface area (Å²) in [5, 5.41) is 11.5. The quantitative estimate of drug-likeness (QED) is 0.387. The molecule has 0 aliphatic rings. The van der Waals surface area contributed by atoms with Gasteiger partial charge in [0.1, 0.15) is 17.4 Å². The Balaban J connectivity index is 1.70. The number of nitrogens with zero attached hydrogens (tertiary/aromatic N) is 2. The van der Waals surface area contributed by atoms with Gasteiger partial charge in [0, 0.05) is 29.6 Å². The number of aromatic nitrogens is 2. The first kappa shape index (κ1) is 21.8. The molecular formula is C22H13F5N2O2S. The van der Waals surface area contributed by atoms with Gasteiger partial charge in [-0.25, -0.2) is 8.78 Å². The van der Waals surface area contributed by atoms with Gasteiger partial charge in [-0.15, -0.1) is 24.5 Å². The van der Waals surface area contributed by atoms with Crippen molar-refractivity contribution >= 4 is 11.3 Å². The summed E-state index contributed by atoms with van der Waals surface area (Å²) in [7, 11) is 0. The third-order valence-electron chi connectivity index (χ3n) is 4.67. The first-order chi connectivity index (χ1) is 15.2. The zero-order valence-electron chi connectivity index (χ0n) is 16.0. The summed E-state index contributed by atoms with van der Waals surface area (Å²) in [6, 6.07) is 11.0. The number of rotatable bonds is 5. The Morgan fingerprint density at radius 3 is 2.16 bits per heavy atom. The lowest BCUT2D eigenvalue weighted by Gasteiger charge is -2.27. The third-order valence-corrected chi connectivity index (χ3v) is 5.55. The Morgan fingerprint density at radius 2 is 1.59 bits per heavy atom. The fourth-order valence-electron chi connectivity index (χ4n) is 3.20. The topological polar surface area (TPSA) is 55.2 Å². The lowest BCUT2D eigenvalue weighted by molar-refractivity contribution is -0.274. The molecule has 0 saturated carbocycles. The molecule has 1 N–H and O–H groups in total. The van der Waals surface area contributed by atoms with Gasteiger partial charge in [-0.2, -0.15) is 0 Å². The second-order valence-electron chi connectivity index (χ2n) is 6.70. The summed E-state index contributed by atoms with van der Waals surface area (Å²) < 4.78 is 68.8. The van der Waals surface area contributed by atoms with Crippen molar-refractivity contribution in [3.05, 3.63) is 100 Å². The number of thiazole rings is 1. The van der Waals surface area contributed by atoms with E-state index >= 15 is 0 Å². The highest BCUT2D eigenvalue weighted by molar-refractivity contribution is 7.09. The monoisotopic (exact) mass is 464 g/mol. The fourth-order valence-corrected chi connectivity index (χ4v) is 3.94. The Kier molecular flexibility index (Phi) is 5.66. The minimum atomic E-state index is -4.79. The van der Waals surface area contributed by atoms with Crippen molar-refractivity contribution in [1.29, 1.82) is 0 Å². The van der Waals surface area contributed by atoms with Crippen LogP contribution in [0.3, 0.4) is 0 Å². The molecule has 0 bridgehead atoms. The minimum Gasteiger partial charge on any atom is -0.406 e. The van der Waals surface area contributed by atoms with Crippen LogP contribution in [-0.4, -0.2) is 21.4 Å². The highest BCUT2D eigenvalue weighted by atomic mass is 32.1. The molecule has 0 fully saturated rings. The predicted octanol–water partition coefficient (Wildman–Crippen LogP) is 5.67. The first-order valence-corrected chi connectivity index (χ1v) is 9.94. The predicted molar refractivity (Wildman–Crippen MR) is 107 cm³/mol. The number of alkyl halides is 3. The lowest BCUT2D eigenvalue weighted by Crippen LogP contribution is -2.30. The van der Waals surface area contributed by atoms with Crippen molar-refractivity contribution < 1.29 is 31.8 Å². The van der Waals surface area contributed by atoms with Crippen LogP contribution in [0.25, 0.3) is 11.1 Å². The van der Waals surface area contributed by atoms with E-state index in [-0.39, 0.29) is 21.9 Å². The van der Waals surface area contributed by atoms with Crippen molar-refractivity contribution in [2.45, 2.75) is 12.0 Å². The highest BCUT2D eigenvalue weighted by Crippen LogP contribution is 2.39. The van der Waals surface area contributed by atoms with Gasteiger partial charge in [0.25, 0.3) is 0 Å². The van der Waals surface area contributed by atoms with Crippen molar-refractivity contribution in [2.75, 3.05) is 0 Å². The van der Waals surface area contributed by atoms with Gasteiger partial charge in [-0.1, -0.05) is 18.2 Å². The minimum absolute atomic E-state index is 0.0630.